The highest BCUT2D eigenvalue weighted by Gasteiger charge is 2.33. The molecule has 0 spiro atoms. The van der Waals surface area contributed by atoms with E-state index in [1.807, 2.05) is 0 Å². The molecule has 1 heteroatoms. The Kier molecular flexibility index (Phi) is 6.19. The van der Waals surface area contributed by atoms with Crippen molar-refractivity contribution in [2.75, 3.05) is 13.1 Å². The minimum atomic E-state index is 0.654. The summed E-state index contributed by atoms with van der Waals surface area (Å²) < 4.78 is 0. The molecule has 0 unspecified atom stereocenters. The molecule has 112 valence electrons. The fourth-order valence-corrected chi connectivity index (χ4v) is 4.58. The maximum absolute atomic E-state index is 3.82. The van der Waals surface area contributed by atoms with Crippen molar-refractivity contribution >= 4 is 0 Å². The molecule has 2 aliphatic rings. The standard InChI is InChI=1S/C18H35N/c1-16(2)14-18(11-6-7-12-18)15-19-13-10-17-8-4-3-5-9-17/h16-17,19H,3-15H2,1-2H3. The summed E-state index contributed by atoms with van der Waals surface area (Å²) in [4.78, 5) is 0. The molecule has 0 aromatic rings. The Labute approximate surface area is 120 Å². The summed E-state index contributed by atoms with van der Waals surface area (Å²) in [6.07, 6.45) is 16.2. The van der Waals surface area contributed by atoms with Crippen molar-refractivity contribution in [3.05, 3.63) is 0 Å². The first kappa shape index (κ1) is 15.4. The molecule has 0 aromatic carbocycles. The van der Waals surface area contributed by atoms with Crippen LogP contribution >= 0.6 is 0 Å². The van der Waals surface area contributed by atoms with Crippen molar-refractivity contribution in [2.24, 2.45) is 17.3 Å². The number of hydrogen-bond donors (Lipinski definition) is 1. The number of hydrogen-bond acceptors (Lipinski definition) is 1. The van der Waals surface area contributed by atoms with Gasteiger partial charge in [0.2, 0.25) is 0 Å². The quantitative estimate of drug-likeness (QED) is 0.627. The molecule has 0 bridgehead atoms. The topological polar surface area (TPSA) is 12.0 Å². The molecule has 1 N–H and O–H groups in total. The van der Waals surface area contributed by atoms with Crippen LogP contribution < -0.4 is 5.32 Å². The zero-order valence-electron chi connectivity index (χ0n) is 13.3. The zero-order valence-corrected chi connectivity index (χ0v) is 13.3. The second kappa shape index (κ2) is 7.67. The van der Waals surface area contributed by atoms with Crippen LogP contribution in [0.15, 0.2) is 0 Å². The maximum Gasteiger partial charge on any atom is 0.000791 e. The van der Waals surface area contributed by atoms with Crippen LogP contribution in [0.2, 0.25) is 0 Å². The van der Waals surface area contributed by atoms with E-state index in [-0.39, 0.29) is 0 Å². The summed E-state index contributed by atoms with van der Waals surface area (Å²) in [6.45, 7) is 7.34. The van der Waals surface area contributed by atoms with Gasteiger partial charge in [0.05, 0.1) is 0 Å². The molecule has 0 heterocycles. The van der Waals surface area contributed by atoms with E-state index >= 15 is 0 Å². The third kappa shape index (κ3) is 5.10. The van der Waals surface area contributed by atoms with E-state index in [2.05, 4.69) is 19.2 Å². The monoisotopic (exact) mass is 265 g/mol. The summed E-state index contributed by atoms with van der Waals surface area (Å²) in [5.41, 5.74) is 0.654. The Morgan fingerprint density at radius 2 is 1.68 bits per heavy atom. The predicted octanol–water partition coefficient (Wildman–Crippen LogP) is 5.15. The van der Waals surface area contributed by atoms with Gasteiger partial charge in [-0.15, -0.1) is 0 Å². The molecule has 1 nitrogen and oxygen atoms in total. The van der Waals surface area contributed by atoms with Gasteiger partial charge in [0.25, 0.3) is 0 Å². The van der Waals surface area contributed by atoms with Gasteiger partial charge in [-0.25, -0.2) is 0 Å². The highest BCUT2D eigenvalue weighted by atomic mass is 14.9. The van der Waals surface area contributed by atoms with Crippen molar-refractivity contribution in [1.82, 2.24) is 5.32 Å². The van der Waals surface area contributed by atoms with E-state index in [9.17, 15) is 0 Å². The van der Waals surface area contributed by atoms with E-state index in [4.69, 9.17) is 0 Å². The summed E-state index contributed by atoms with van der Waals surface area (Å²) in [7, 11) is 0. The average Bonchev–Trinajstić information content (AvgIpc) is 2.84. The van der Waals surface area contributed by atoms with Gasteiger partial charge >= 0.3 is 0 Å². The van der Waals surface area contributed by atoms with Crippen molar-refractivity contribution < 1.29 is 0 Å². The fraction of sp³-hybridized carbons (Fsp3) is 1.00. The second-order valence-electron chi connectivity index (χ2n) is 7.77. The van der Waals surface area contributed by atoms with E-state index in [0.717, 1.165) is 11.8 Å². The Bertz CT molecular complexity index is 234. The van der Waals surface area contributed by atoms with Crippen molar-refractivity contribution in [3.8, 4) is 0 Å². The van der Waals surface area contributed by atoms with Crippen LogP contribution in [0.4, 0.5) is 0 Å². The lowest BCUT2D eigenvalue weighted by Gasteiger charge is -2.32. The van der Waals surface area contributed by atoms with Gasteiger partial charge in [0.15, 0.2) is 0 Å². The molecule has 0 aliphatic heterocycles. The van der Waals surface area contributed by atoms with E-state index in [1.54, 1.807) is 0 Å². The zero-order chi connectivity index (χ0) is 13.6. The smallest absolute Gasteiger partial charge is 0.000791 e. The molecule has 0 atom stereocenters. The molecule has 0 amide bonds. The van der Waals surface area contributed by atoms with Gasteiger partial charge in [-0.2, -0.15) is 0 Å². The molecule has 2 saturated carbocycles. The largest absolute Gasteiger partial charge is 0.316 e. The highest BCUT2D eigenvalue weighted by molar-refractivity contribution is 4.87. The van der Waals surface area contributed by atoms with Gasteiger partial charge in [-0.05, 0) is 49.5 Å². The molecule has 2 aliphatic carbocycles. The van der Waals surface area contributed by atoms with Crippen LogP contribution in [0.1, 0.15) is 84.5 Å². The van der Waals surface area contributed by atoms with Gasteiger partial charge in [-0.1, -0.05) is 58.8 Å². The molecule has 0 saturated heterocycles. The van der Waals surface area contributed by atoms with Crippen LogP contribution in [0.3, 0.4) is 0 Å². The summed E-state index contributed by atoms with van der Waals surface area (Å²) in [5.74, 6) is 1.89. The van der Waals surface area contributed by atoms with Crippen LogP contribution in [-0.2, 0) is 0 Å². The van der Waals surface area contributed by atoms with Crippen LogP contribution in [-0.4, -0.2) is 13.1 Å². The molecule has 2 fully saturated rings. The summed E-state index contributed by atoms with van der Waals surface area (Å²) >= 11 is 0. The lowest BCUT2D eigenvalue weighted by atomic mass is 9.78. The molecule has 19 heavy (non-hydrogen) atoms. The Balaban J connectivity index is 1.64. The Morgan fingerprint density at radius 1 is 1.00 bits per heavy atom. The lowest BCUT2D eigenvalue weighted by molar-refractivity contribution is 0.220. The molecule has 2 rings (SSSR count). The highest BCUT2D eigenvalue weighted by Crippen LogP contribution is 2.42. The van der Waals surface area contributed by atoms with Crippen LogP contribution in [0.25, 0.3) is 0 Å². The Hall–Kier alpha value is -0.0400. The molecule has 0 aromatic heterocycles. The van der Waals surface area contributed by atoms with Crippen molar-refractivity contribution in [1.29, 1.82) is 0 Å². The van der Waals surface area contributed by atoms with Crippen molar-refractivity contribution in [3.63, 3.8) is 0 Å². The number of nitrogens with one attached hydrogen (secondary N) is 1. The fourth-order valence-electron chi connectivity index (χ4n) is 4.58. The molecular weight excluding hydrogens is 230 g/mol. The van der Waals surface area contributed by atoms with Crippen molar-refractivity contribution in [2.45, 2.75) is 84.5 Å². The van der Waals surface area contributed by atoms with Crippen LogP contribution in [0.5, 0.6) is 0 Å². The van der Waals surface area contributed by atoms with E-state index in [1.165, 1.54) is 83.7 Å². The summed E-state index contributed by atoms with van der Waals surface area (Å²) in [6, 6.07) is 0. The lowest BCUT2D eigenvalue weighted by Crippen LogP contribution is -2.34. The van der Waals surface area contributed by atoms with Gasteiger partial charge in [0, 0.05) is 6.54 Å². The summed E-state index contributed by atoms with van der Waals surface area (Å²) in [5, 5.41) is 3.82. The minimum absolute atomic E-state index is 0.654. The van der Waals surface area contributed by atoms with E-state index < -0.39 is 0 Å². The first-order valence-electron chi connectivity index (χ1n) is 8.91. The third-order valence-corrected chi connectivity index (χ3v) is 5.46. The SMILES string of the molecule is CC(C)CC1(CNCCC2CCCCC2)CCCC1. The van der Waals surface area contributed by atoms with Gasteiger partial charge in [0.1, 0.15) is 0 Å². The number of rotatable bonds is 7. The minimum Gasteiger partial charge on any atom is -0.316 e. The average molecular weight is 265 g/mol. The first-order valence-corrected chi connectivity index (χ1v) is 8.91. The molecule has 0 radical (unpaired) electrons. The van der Waals surface area contributed by atoms with Gasteiger partial charge < -0.3 is 5.32 Å². The van der Waals surface area contributed by atoms with E-state index in [0.29, 0.717) is 5.41 Å². The maximum atomic E-state index is 3.82. The first-order chi connectivity index (χ1) is 9.20. The predicted molar refractivity (Wildman–Crippen MR) is 84.4 cm³/mol. The van der Waals surface area contributed by atoms with Crippen LogP contribution in [0, 0.1) is 17.3 Å². The normalized spacial score (nSPS) is 24.2. The second-order valence-corrected chi connectivity index (χ2v) is 7.77. The Morgan fingerprint density at radius 3 is 2.32 bits per heavy atom. The third-order valence-electron chi connectivity index (χ3n) is 5.46. The molecular formula is C18H35N. The van der Waals surface area contributed by atoms with Gasteiger partial charge in [-0.3, -0.25) is 0 Å².